The highest BCUT2D eigenvalue weighted by Gasteiger charge is 2.15. The van der Waals surface area contributed by atoms with Crippen LogP contribution in [0.5, 0.6) is 0 Å². The monoisotopic (exact) mass is 233 g/mol. The summed E-state index contributed by atoms with van der Waals surface area (Å²) < 4.78 is 0. The molecule has 84 valence electrons. The van der Waals surface area contributed by atoms with E-state index in [-0.39, 0.29) is 0 Å². The number of aromatic nitrogens is 1. The molecule has 0 saturated heterocycles. The highest BCUT2D eigenvalue weighted by atomic mass is 32.1. The molecule has 1 aromatic heterocycles. The van der Waals surface area contributed by atoms with E-state index in [4.69, 9.17) is 0 Å². The Morgan fingerprint density at radius 1 is 1.19 bits per heavy atom. The van der Waals surface area contributed by atoms with E-state index in [0.717, 1.165) is 10.6 Å². The largest absolute Gasteiger partial charge is 0.381 e. The lowest BCUT2D eigenvalue weighted by Crippen LogP contribution is -1.97. The lowest BCUT2D eigenvalue weighted by atomic mass is 10.1. The Morgan fingerprint density at radius 3 is 2.44 bits per heavy atom. The molecule has 0 bridgehead atoms. The van der Waals surface area contributed by atoms with Crippen molar-refractivity contribution >= 4 is 11.3 Å². The summed E-state index contributed by atoms with van der Waals surface area (Å²) in [5, 5.41) is 10.9. The number of aliphatic hydroxyl groups excluding tert-OH is 1. The van der Waals surface area contributed by atoms with Crippen molar-refractivity contribution in [2.75, 3.05) is 0 Å². The molecule has 3 heteroatoms. The fraction of sp³-hybridized carbons (Fsp3) is 0.308. The van der Waals surface area contributed by atoms with Crippen molar-refractivity contribution in [1.29, 1.82) is 0 Å². The Kier molecular flexibility index (Phi) is 3.36. The van der Waals surface area contributed by atoms with Gasteiger partial charge in [0.25, 0.3) is 0 Å². The summed E-state index contributed by atoms with van der Waals surface area (Å²) in [5.74, 6) is 0.467. The van der Waals surface area contributed by atoms with Crippen LogP contribution in [-0.2, 0) is 0 Å². The van der Waals surface area contributed by atoms with Crippen LogP contribution in [0.25, 0.3) is 0 Å². The zero-order valence-electron chi connectivity index (χ0n) is 9.42. The summed E-state index contributed by atoms with van der Waals surface area (Å²) in [6.45, 7) is 4.26. The van der Waals surface area contributed by atoms with Gasteiger partial charge >= 0.3 is 0 Å². The fourth-order valence-corrected chi connectivity index (χ4v) is 2.41. The van der Waals surface area contributed by atoms with E-state index in [1.54, 1.807) is 11.3 Å². The lowest BCUT2D eigenvalue weighted by Gasteiger charge is -2.06. The molecule has 0 saturated carbocycles. The third kappa shape index (κ3) is 2.31. The van der Waals surface area contributed by atoms with Crippen molar-refractivity contribution in [2.45, 2.75) is 25.9 Å². The third-order valence-electron chi connectivity index (χ3n) is 2.46. The summed E-state index contributed by atoms with van der Waals surface area (Å²) in [5.41, 5.74) is 0.896. The molecule has 2 aromatic rings. The van der Waals surface area contributed by atoms with Crippen molar-refractivity contribution < 1.29 is 5.11 Å². The highest BCUT2D eigenvalue weighted by molar-refractivity contribution is 7.11. The molecule has 1 aromatic carbocycles. The Bertz CT molecular complexity index is 450. The van der Waals surface area contributed by atoms with E-state index in [2.05, 4.69) is 18.8 Å². The number of aliphatic hydroxyl groups is 1. The van der Waals surface area contributed by atoms with Crippen molar-refractivity contribution in [2.24, 2.45) is 0 Å². The van der Waals surface area contributed by atoms with Crippen molar-refractivity contribution in [3.63, 3.8) is 0 Å². The van der Waals surface area contributed by atoms with Gasteiger partial charge in [0.2, 0.25) is 0 Å². The molecule has 2 rings (SSSR count). The maximum Gasteiger partial charge on any atom is 0.131 e. The van der Waals surface area contributed by atoms with Crippen LogP contribution in [0.2, 0.25) is 0 Å². The van der Waals surface area contributed by atoms with Crippen LogP contribution in [0.15, 0.2) is 36.5 Å². The summed E-state index contributed by atoms with van der Waals surface area (Å²) in [4.78, 5) is 5.50. The first kappa shape index (κ1) is 11.3. The van der Waals surface area contributed by atoms with Gasteiger partial charge in [-0.15, -0.1) is 11.3 Å². The molecule has 0 spiro atoms. The minimum Gasteiger partial charge on any atom is -0.381 e. The fourth-order valence-electron chi connectivity index (χ4n) is 1.47. The minimum absolute atomic E-state index is 0.467. The Morgan fingerprint density at radius 2 is 1.88 bits per heavy atom. The van der Waals surface area contributed by atoms with E-state index in [1.807, 2.05) is 36.5 Å². The highest BCUT2D eigenvalue weighted by Crippen LogP contribution is 2.29. The average molecular weight is 233 g/mol. The molecule has 0 fully saturated rings. The summed E-state index contributed by atoms with van der Waals surface area (Å²) in [6, 6.07) is 9.63. The molecule has 1 heterocycles. The van der Waals surface area contributed by atoms with Crippen LogP contribution in [0.4, 0.5) is 0 Å². The van der Waals surface area contributed by atoms with E-state index in [1.165, 1.54) is 4.88 Å². The van der Waals surface area contributed by atoms with Crippen LogP contribution in [0.3, 0.4) is 0 Å². The number of nitrogens with zero attached hydrogens (tertiary/aromatic N) is 1. The first-order valence-electron chi connectivity index (χ1n) is 5.37. The van der Waals surface area contributed by atoms with Gasteiger partial charge in [0.15, 0.2) is 0 Å². The standard InChI is InChI=1S/C13H15NOS/c1-9(2)11-8-14-13(16-11)12(15)10-6-4-3-5-7-10/h3-9,12,15H,1-2H3. The average Bonchev–Trinajstić information content (AvgIpc) is 2.78. The van der Waals surface area contributed by atoms with Crippen LogP contribution in [0, 0.1) is 0 Å². The van der Waals surface area contributed by atoms with E-state index in [0.29, 0.717) is 5.92 Å². The van der Waals surface area contributed by atoms with Gasteiger partial charge in [0.1, 0.15) is 11.1 Å². The molecule has 1 N–H and O–H groups in total. The van der Waals surface area contributed by atoms with Gasteiger partial charge in [0, 0.05) is 11.1 Å². The summed E-state index contributed by atoms with van der Waals surface area (Å²) >= 11 is 1.58. The van der Waals surface area contributed by atoms with Gasteiger partial charge in [0.05, 0.1) is 0 Å². The Labute approximate surface area is 99.6 Å². The van der Waals surface area contributed by atoms with Gasteiger partial charge in [-0.05, 0) is 11.5 Å². The Hall–Kier alpha value is -1.19. The molecule has 1 unspecified atom stereocenters. The zero-order valence-corrected chi connectivity index (χ0v) is 10.2. The zero-order chi connectivity index (χ0) is 11.5. The lowest BCUT2D eigenvalue weighted by molar-refractivity contribution is 0.220. The molecule has 2 nitrogen and oxygen atoms in total. The minimum atomic E-state index is -0.598. The molecule has 16 heavy (non-hydrogen) atoms. The number of hydrogen-bond donors (Lipinski definition) is 1. The normalized spacial score (nSPS) is 13.0. The topological polar surface area (TPSA) is 33.1 Å². The van der Waals surface area contributed by atoms with Crippen LogP contribution in [-0.4, -0.2) is 10.1 Å². The number of rotatable bonds is 3. The summed E-state index contributed by atoms with van der Waals surface area (Å²) in [7, 11) is 0. The van der Waals surface area contributed by atoms with Gasteiger partial charge in [-0.1, -0.05) is 44.2 Å². The smallest absolute Gasteiger partial charge is 0.131 e. The van der Waals surface area contributed by atoms with Crippen molar-refractivity contribution in [1.82, 2.24) is 4.98 Å². The first-order chi connectivity index (χ1) is 7.68. The maximum absolute atomic E-state index is 10.1. The van der Waals surface area contributed by atoms with E-state index in [9.17, 15) is 5.11 Å². The molecular formula is C13H15NOS. The number of benzene rings is 1. The predicted octanol–water partition coefficient (Wildman–Crippen LogP) is 3.35. The SMILES string of the molecule is CC(C)c1cnc(C(O)c2ccccc2)s1. The third-order valence-corrected chi connectivity index (χ3v) is 3.81. The molecule has 0 aliphatic rings. The van der Waals surface area contributed by atoms with Crippen molar-refractivity contribution in [3.05, 3.63) is 52.0 Å². The molecule has 0 aliphatic carbocycles. The first-order valence-corrected chi connectivity index (χ1v) is 6.18. The molecule has 0 amide bonds. The van der Waals surface area contributed by atoms with Gasteiger partial charge in [-0.2, -0.15) is 0 Å². The molecule has 0 aliphatic heterocycles. The number of thiazole rings is 1. The second kappa shape index (κ2) is 4.76. The molecule has 0 radical (unpaired) electrons. The number of hydrogen-bond acceptors (Lipinski definition) is 3. The molecule has 1 atom stereocenters. The van der Waals surface area contributed by atoms with Crippen LogP contribution >= 0.6 is 11.3 Å². The van der Waals surface area contributed by atoms with Crippen molar-refractivity contribution in [3.8, 4) is 0 Å². The van der Waals surface area contributed by atoms with Gasteiger partial charge in [-0.25, -0.2) is 4.98 Å². The molecular weight excluding hydrogens is 218 g/mol. The van der Waals surface area contributed by atoms with E-state index >= 15 is 0 Å². The second-order valence-corrected chi connectivity index (χ2v) is 5.16. The second-order valence-electron chi connectivity index (χ2n) is 4.07. The van der Waals surface area contributed by atoms with E-state index < -0.39 is 6.10 Å². The maximum atomic E-state index is 10.1. The van der Waals surface area contributed by atoms with Gasteiger partial charge < -0.3 is 5.11 Å². The van der Waals surface area contributed by atoms with Crippen LogP contribution < -0.4 is 0 Å². The van der Waals surface area contributed by atoms with Crippen LogP contribution in [0.1, 0.15) is 41.3 Å². The predicted molar refractivity (Wildman–Crippen MR) is 66.7 cm³/mol. The van der Waals surface area contributed by atoms with Gasteiger partial charge in [-0.3, -0.25) is 0 Å². The Balaban J connectivity index is 2.24. The summed E-state index contributed by atoms with van der Waals surface area (Å²) in [6.07, 6.45) is 1.26. The quantitative estimate of drug-likeness (QED) is 0.882.